The number of aryl methyl sites for hydroxylation is 2. The van der Waals surface area contributed by atoms with Gasteiger partial charge in [-0.05, 0) is 32.0 Å². The minimum atomic E-state index is -0.405. The second kappa shape index (κ2) is 9.15. The highest BCUT2D eigenvalue weighted by atomic mass is 15.6. The molecule has 3 aromatic carbocycles. The third-order valence-electron chi connectivity index (χ3n) is 6.34. The normalized spacial score (nSPS) is 11.3. The zero-order valence-corrected chi connectivity index (χ0v) is 20.2. The number of rotatable bonds is 6. The van der Waals surface area contributed by atoms with Gasteiger partial charge < -0.3 is 0 Å². The maximum Gasteiger partial charge on any atom is 0.238 e. The predicted molar refractivity (Wildman–Crippen MR) is 142 cm³/mol. The predicted octanol–water partition coefficient (Wildman–Crippen LogP) is 6.45. The lowest BCUT2D eigenvalue weighted by Gasteiger charge is -2.22. The van der Waals surface area contributed by atoms with Gasteiger partial charge in [-0.1, -0.05) is 91.0 Å². The van der Waals surface area contributed by atoms with Crippen LogP contribution >= 0.6 is 0 Å². The van der Waals surface area contributed by atoms with Crippen molar-refractivity contribution in [2.45, 2.75) is 20.1 Å². The first kappa shape index (κ1) is 21.8. The van der Waals surface area contributed by atoms with E-state index in [1.54, 1.807) is 0 Å². The van der Waals surface area contributed by atoms with Gasteiger partial charge in [0.25, 0.3) is 0 Å². The number of hydrogen-bond acceptors (Lipinski definition) is 3. The summed E-state index contributed by atoms with van der Waals surface area (Å²) in [5, 5.41) is 15.0. The van der Waals surface area contributed by atoms with Crippen molar-refractivity contribution < 1.29 is 0 Å². The van der Waals surface area contributed by atoms with Crippen molar-refractivity contribution >= 4 is 0 Å². The summed E-state index contributed by atoms with van der Waals surface area (Å²) in [4.78, 5) is 0. The Labute approximate surface area is 210 Å². The van der Waals surface area contributed by atoms with E-state index in [0.29, 0.717) is 0 Å². The third-order valence-corrected chi connectivity index (χ3v) is 6.34. The lowest BCUT2D eigenvalue weighted by atomic mass is 10.1. The Bertz CT molecular complexity index is 1510. The van der Waals surface area contributed by atoms with Crippen molar-refractivity contribution in [1.29, 1.82) is 0 Å². The van der Waals surface area contributed by atoms with Gasteiger partial charge in [-0.25, -0.2) is 14.0 Å². The van der Waals surface area contributed by atoms with Crippen LogP contribution in [-0.2, 0) is 0 Å². The fourth-order valence-corrected chi connectivity index (χ4v) is 4.50. The first-order valence-electron chi connectivity index (χ1n) is 12.0. The summed E-state index contributed by atoms with van der Waals surface area (Å²) in [6.07, 6.45) is 1.59. The highest BCUT2D eigenvalue weighted by Gasteiger charge is 2.24. The summed E-state index contributed by atoms with van der Waals surface area (Å²) in [6.45, 7) is 4.15. The van der Waals surface area contributed by atoms with Crippen molar-refractivity contribution in [2.24, 2.45) is 0 Å². The van der Waals surface area contributed by atoms with Gasteiger partial charge >= 0.3 is 0 Å². The molecule has 0 aliphatic rings. The van der Waals surface area contributed by atoms with Crippen LogP contribution in [0.15, 0.2) is 115 Å². The van der Waals surface area contributed by atoms with Crippen molar-refractivity contribution in [1.82, 2.24) is 29.3 Å². The molecule has 0 amide bonds. The Hall–Kier alpha value is -4.71. The van der Waals surface area contributed by atoms with Gasteiger partial charge in [-0.2, -0.15) is 15.3 Å². The summed E-state index contributed by atoms with van der Waals surface area (Å²) >= 11 is 0. The van der Waals surface area contributed by atoms with Crippen LogP contribution in [0.2, 0.25) is 0 Å². The molecule has 0 bridgehead atoms. The molecule has 0 aliphatic heterocycles. The quantitative estimate of drug-likeness (QED) is 0.281. The monoisotopic (exact) mass is 470 g/mol. The largest absolute Gasteiger partial charge is 0.238 e. The third kappa shape index (κ3) is 4.03. The topological polar surface area (TPSA) is 53.5 Å². The SMILES string of the molecule is Cc1cc(-c2ccccc2)nn1C(n1ccc(-c2ccccc2)n1)n1nc(-c2ccccc2)cc1C. The minimum Gasteiger partial charge on any atom is -0.227 e. The van der Waals surface area contributed by atoms with E-state index in [9.17, 15) is 0 Å². The van der Waals surface area contributed by atoms with Crippen LogP contribution in [0, 0.1) is 13.8 Å². The van der Waals surface area contributed by atoms with Gasteiger partial charge in [0.05, 0.1) is 17.1 Å². The van der Waals surface area contributed by atoms with Crippen LogP contribution in [0.5, 0.6) is 0 Å². The molecule has 176 valence electrons. The van der Waals surface area contributed by atoms with Gasteiger partial charge in [-0.15, -0.1) is 0 Å². The van der Waals surface area contributed by atoms with E-state index in [0.717, 1.165) is 45.2 Å². The standard InChI is InChI=1S/C30H26N6/c1-22-20-28(25-14-8-4-9-15-25)32-35(22)30(34-19-18-27(31-34)24-12-6-3-7-13-24)36-23(2)21-29(33-36)26-16-10-5-11-17-26/h3-21,30H,1-2H3. The summed E-state index contributed by atoms with van der Waals surface area (Å²) < 4.78 is 5.93. The first-order valence-corrected chi connectivity index (χ1v) is 12.0. The molecule has 0 unspecified atom stereocenters. The second-order valence-electron chi connectivity index (χ2n) is 8.86. The van der Waals surface area contributed by atoms with Gasteiger partial charge in [0.2, 0.25) is 6.29 Å². The van der Waals surface area contributed by atoms with Gasteiger partial charge in [-0.3, -0.25) is 0 Å². The van der Waals surface area contributed by atoms with E-state index in [2.05, 4.69) is 62.4 Å². The smallest absolute Gasteiger partial charge is 0.227 e. The van der Waals surface area contributed by atoms with Crippen molar-refractivity contribution in [3.63, 3.8) is 0 Å². The Morgan fingerprint density at radius 2 is 0.917 bits per heavy atom. The molecule has 0 atom stereocenters. The molecule has 0 fully saturated rings. The second-order valence-corrected chi connectivity index (χ2v) is 8.86. The van der Waals surface area contributed by atoms with Crippen LogP contribution in [-0.4, -0.2) is 29.3 Å². The summed E-state index contributed by atoms with van der Waals surface area (Å²) in [7, 11) is 0. The lowest BCUT2D eigenvalue weighted by Crippen LogP contribution is -2.29. The van der Waals surface area contributed by atoms with Crippen molar-refractivity contribution in [3.8, 4) is 33.8 Å². The first-order chi connectivity index (χ1) is 17.7. The van der Waals surface area contributed by atoms with E-state index in [-0.39, 0.29) is 0 Å². The van der Waals surface area contributed by atoms with E-state index in [4.69, 9.17) is 15.3 Å². The molecule has 0 aliphatic carbocycles. The molecule has 36 heavy (non-hydrogen) atoms. The van der Waals surface area contributed by atoms with E-state index in [1.165, 1.54) is 0 Å². The average molecular weight is 471 g/mol. The van der Waals surface area contributed by atoms with E-state index >= 15 is 0 Å². The molecule has 0 saturated heterocycles. The fraction of sp³-hybridized carbons (Fsp3) is 0.100. The minimum absolute atomic E-state index is 0.405. The van der Waals surface area contributed by atoms with Crippen molar-refractivity contribution in [2.75, 3.05) is 0 Å². The van der Waals surface area contributed by atoms with E-state index in [1.807, 2.05) is 80.9 Å². The van der Waals surface area contributed by atoms with Crippen LogP contribution in [0.1, 0.15) is 17.7 Å². The Morgan fingerprint density at radius 3 is 1.36 bits per heavy atom. The zero-order chi connectivity index (χ0) is 24.5. The van der Waals surface area contributed by atoms with Gasteiger partial charge in [0.15, 0.2) is 0 Å². The average Bonchev–Trinajstić information content (AvgIpc) is 3.66. The summed E-state index contributed by atoms with van der Waals surface area (Å²) in [6, 6.07) is 36.9. The highest BCUT2D eigenvalue weighted by molar-refractivity contribution is 5.60. The Morgan fingerprint density at radius 1 is 0.500 bits per heavy atom. The number of aromatic nitrogens is 6. The molecule has 6 aromatic rings. The molecule has 0 saturated carbocycles. The molecular weight excluding hydrogens is 444 g/mol. The van der Waals surface area contributed by atoms with Gasteiger partial charge in [0.1, 0.15) is 0 Å². The highest BCUT2D eigenvalue weighted by Crippen LogP contribution is 2.27. The number of benzene rings is 3. The fourth-order valence-electron chi connectivity index (χ4n) is 4.50. The molecule has 3 heterocycles. The van der Waals surface area contributed by atoms with Crippen LogP contribution in [0.25, 0.3) is 33.8 Å². The van der Waals surface area contributed by atoms with Gasteiger partial charge in [0, 0.05) is 34.3 Å². The van der Waals surface area contributed by atoms with E-state index < -0.39 is 6.29 Å². The molecule has 6 nitrogen and oxygen atoms in total. The Kier molecular flexibility index (Phi) is 5.54. The summed E-state index contributed by atoms with van der Waals surface area (Å²) in [5.74, 6) is 0. The zero-order valence-electron chi connectivity index (χ0n) is 20.2. The number of hydrogen-bond donors (Lipinski definition) is 0. The lowest BCUT2D eigenvalue weighted by molar-refractivity contribution is 0.277. The molecular formula is C30H26N6. The van der Waals surface area contributed by atoms with Crippen LogP contribution in [0.3, 0.4) is 0 Å². The van der Waals surface area contributed by atoms with Crippen molar-refractivity contribution in [3.05, 3.63) is 127 Å². The van der Waals surface area contributed by atoms with Crippen LogP contribution < -0.4 is 0 Å². The Balaban J connectivity index is 1.50. The molecule has 6 heteroatoms. The molecule has 0 radical (unpaired) electrons. The molecule has 6 rings (SSSR count). The summed E-state index contributed by atoms with van der Waals surface area (Å²) in [5.41, 5.74) is 8.00. The van der Waals surface area contributed by atoms with Crippen LogP contribution in [0.4, 0.5) is 0 Å². The maximum atomic E-state index is 5.03. The molecule has 0 spiro atoms. The molecule has 0 N–H and O–H groups in total. The molecule has 3 aromatic heterocycles. The number of nitrogens with zero attached hydrogens (tertiary/aromatic N) is 6. The maximum absolute atomic E-state index is 5.03.